The molecule has 0 bridgehead atoms. The zero-order valence-corrected chi connectivity index (χ0v) is 9.06. The van der Waals surface area contributed by atoms with Gasteiger partial charge in [-0.25, -0.2) is 0 Å². The second-order valence-electron chi connectivity index (χ2n) is 3.28. The minimum absolute atomic E-state index is 0.524. The summed E-state index contributed by atoms with van der Waals surface area (Å²) in [5.41, 5.74) is 1.26. The molecule has 82 valence electrons. The molecule has 0 unspecified atom stereocenters. The van der Waals surface area contributed by atoms with Crippen LogP contribution in [-0.2, 0) is 0 Å². The number of methoxy groups -OCH3 is 2. The molecule has 0 saturated carbocycles. The SMILES string of the molecule is COc1cc(OC)c2cc(C=O)cnc2c1. The highest BCUT2D eigenvalue weighted by Crippen LogP contribution is 2.30. The second-order valence-corrected chi connectivity index (χ2v) is 3.28. The molecule has 0 atom stereocenters. The first kappa shape index (κ1) is 10.4. The molecule has 2 rings (SSSR count). The highest BCUT2D eigenvalue weighted by molar-refractivity contribution is 5.91. The molecular weight excluding hydrogens is 206 g/mol. The lowest BCUT2D eigenvalue weighted by Gasteiger charge is -2.08. The summed E-state index contributed by atoms with van der Waals surface area (Å²) in [7, 11) is 3.15. The minimum atomic E-state index is 0.524. The first-order valence-electron chi connectivity index (χ1n) is 4.75. The van der Waals surface area contributed by atoms with E-state index in [0.29, 0.717) is 17.1 Å². The van der Waals surface area contributed by atoms with Gasteiger partial charge in [0.25, 0.3) is 0 Å². The molecule has 0 aliphatic heterocycles. The fourth-order valence-corrected chi connectivity index (χ4v) is 1.54. The maximum Gasteiger partial charge on any atom is 0.151 e. The standard InChI is InChI=1S/C12H11NO3/c1-15-9-4-11-10(12(5-9)16-2)3-8(7-14)6-13-11/h3-7H,1-2H3. The fourth-order valence-electron chi connectivity index (χ4n) is 1.54. The van der Waals surface area contributed by atoms with Crippen molar-refractivity contribution in [3.8, 4) is 11.5 Å². The Morgan fingerprint density at radius 3 is 2.62 bits per heavy atom. The van der Waals surface area contributed by atoms with Gasteiger partial charge in [-0.15, -0.1) is 0 Å². The number of benzene rings is 1. The van der Waals surface area contributed by atoms with E-state index in [9.17, 15) is 4.79 Å². The number of carbonyl (C=O) groups excluding carboxylic acids is 1. The topological polar surface area (TPSA) is 48.4 Å². The van der Waals surface area contributed by atoms with Gasteiger partial charge in [-0.2, -0.15) is 0 Å². The van der Waals surface area contributed by atoms with Crippen LogP contribution in [0.2, 0.25) is 0 Å². The van der Waals surface area contributed by atoms with Crippen LogP contribution >= 0.6 is 0 Å². The maximum atomic E-state index is 10.7. The predicted molar refractivity (Wildman–Crippen MR) is 60.2 cm³/mol. The van der Waals surface area contributed by atoms with Crippen molar-refractivity contribution >= 4 is 17.2 Å². The van der Waals surface area contributed by atoms with Crippen LogP contribution in [0.1, 0.15) is 10.4 Å². The number of pyridine rings is 1. The normalized spacial score (nSPS) is 10.1. The Bertz CT molecular complexity index is 537. The van der Waals surface area contributed by atoms with Crippen molar-refractivity contribution < 1.29 is 14.3 Å². The summed E-state index contributed by atoms with van der Waals surface area (Å²) in [4.78, 5) is 14.8. The quantitative estimate of drug-likeness (QED) is 0.738. The smallest absolute Gasteiger partial charge is 0.151 e. The van der Waals surface area contributed by atoms with E-state index in [4.69, 9.17) is 9.47 Å². The molecule has 4 heteroatoms. The molecule has 0 N–H and O–H groups in total. The van der Waals surface area contributed by atoms with Gasteiger partial charge in [0.2, 0.25) is 0 Å². The van der Waals surface area contributed by atoms with E-state index in [1.54, 1.807) is 32.4 Å². The van der Waals surface area contributed by atoms with Gasteiger partial charge in [-0.3, -0.25) is 9.78 Å². The summed E-state index contributed by atoms with van der Waals surface area (Å²) >= 11 is 0. The first-order chi connectivity index (χ1) is 7.78. The van der Waals surface area contributed by atoms with E-state index in [1.165, 1.54) is 6.20 Å². The average molecular weight is 217 g/mol. The van der Waals surface area contributed by atoms with E-state index in [0.717, 1.165) is 17.2 Å². The number of nitrogens with zero attached hydrogens (tertiary/aromatic N) is 1. The van der Waals surface area contributed by atoms with Gasteiger partial charge < -0.3 is 9.47 Å². The largest absolute Gasteiger partial charge is 0.497 e. The zero-order valence-electron chi connectivity index (χ0n) is 9.06. The van der Waals surface area contributed by atoms with Crippen LogP contribution in [0.5, 0.6) is 11.5 Å². The molecule has 4 nitrogen and oxygen atoms in total. The minimum Gasteiger partial charge on any atom is -0.497 e. The summed E-state index contributed by atoms with van der Waals surface area (Å²) in [5, 5.41) is 0.799. The van der Waals surface area contributed by atoms with Gasteiger partial charge in [-0.1, -0.05) is 0 Å². The Hall–Kier alpha value is -2.10. The van der Waals surface area contributed by atoms with Crippen LogP contribution in [0, 0.1) is 0 Å². The lowest BCUT2D eigenvalue weighted by Crippen LogP contribution is -1.92. The van der Waals surface area contributed by atoms with Gasteiger partial charge in [0.05, 0.1) is 19.7 Å². The number of aromatic nitrogens is 1. The van der Waals surface area contributed by atoms with Crippen molar-refractivity contribution in [2.75, 3.05) is 14.2 Å². The molecule has 0 spiro atoms. The molecule has 0 amide bonds. The molecule has 1 aromatic carbocycles. The van der Waals surface area contributed by atoms with Crippen molar-refractivity contribution in [1.82, 2.24) is 4.98 Å². The number of carbonyl (C=O) groups is 1. The Balaban J connectivity index is 2.73. The molecule has 1 aromatic heterocycles. The van der Waals surface area contributed by atoms with Gasteiger partial charge in [0.15, 0.2) is 6.29 Å². The highest BCUT2D eigenvalue weighted by Gasteiger charge is 2.06. The lowest BCUT2D eigenvalue weighted by atomic mass is 10.1. The van der Waals surface area contributed by atoms with E-state index in [1.807, 2.05) is 0 Å². The summed E-state index contributed by atoms with van der Waals surface area (Å²) in [5.74, 6) is 1.32. The number of fused-ring (bicyclic) bond motifs is 1. The molecule has 0 aliphatic rings. The molecule has 0 fully saturated rings. The third-order valence-corrected chi connectivity index (χ3v) is 2.35. The van der Waals surface area contributed by atoms with Crippen LogP contribution in [-0.4, -0.2) is 25.5 Å². The van der Waals surface area contributed by atoms with E-state index in [2.05, 4.69) is 4.98 Å². The summed E-state index contributed by atoms with van der Waals surface area (Å²) in [6.07, 6.45) is 2.28. The van der Waals surface area contributed by atoms with Crippen LogP contribution in [0.15, 0.2) is 24.4 Å². The second kappa shape index (κ2) is 4.18. The zero-order chi connectivity index (χ0) is 11.5. The van der Waals surface area contributed by atoms with Crippen LogP contribution in [0.3, 0.4) is 0 Å². The van der Waals surface area contributed by atoms with Crippen molar-refractivity contribution in [2.45, 2.75) is 0 Å². The third-order valence-electron chi connectivity index (χ3n) is 2.35. The summed E-state index contributed by atoms with van der Waals surface area (Å²) < 4.78 is 10.4. The molecular formula is C12H11NO3. The average Bonchev–Trinajstić information content (AvgIpc) is 2.36. The maximum absolute atomic E-state index is 10.7. The molecule has 2 aromatic rings. The van der Waals surface area contributed by atoms with Gasteiger partial charge in [0, 0.05) is 29.3 Å². The molecule has 0 saturated heterocycles. The van der Waals surface area contributed by atoms with Crippen LogP contribution in [0.4, 0.5) is 0 Å². The summed E-state index contributed by atoms with van der Waals surface area (Å²) in [6.45, 7) is 0. The Labute approximate surface area is 92.8 Å². The molecule has 0 radical (unpaired) electrons. The summed E-state index contributed by atoms with van der Waals surface area (Å²) in [6, 6.07) is 5.30. The Kier molecular flexibility index (Phi) is 2.72. The lowest BCUT2D eigenvalue weighted by molar-refractivity contribution is 0.112. The van der Waals surface area contributed by atoms with Gasteiger partial charge in [-0.05, 0) is 6.07 Å². The predicted octanol–water partition coefficient (Wildman–Crippen LogP) is 2.06. The van der Waals surface area contributed by atoms with E-state index in [-0.39, 0.29) is 0 Å². The number of aldehydes is 1. The molecule has 0 aliphatic carbocycles. The van der Waals surface area contributed by atoms with Crippen molar-refractivity contribution in [3.05, 3.63) is 30.0 Å². The number of rotatable bonds is 3. The number of ether oxygens (including phenoxy) is 2. The number of hydrogen-bond donors (Lipinski definition) is 0. The number of hydrogen-bond acceptors (Lipinski definition) is 4. The van der Waals surface area contributed by atoms with Crippen molar-refractivity contribution in [1.29, 1.82) is 0 Å². The van der Waals surface area contributed by atoms with Crippen LogP contribution in [0.25, 0.3) is 10.9 Å². The fraction of sp³-hybridized carbons (Fsp3) is 0.167. The molecule has 16 heavy (non-hydrogen) atoms. The first-order valence-corrected chi connectivity index (χ1v) is 4.75. The van der Waals surface area contributed by atoms with Crippen LogP contribution < -0.4 is 9.47 Å². The van der Waals surface area contributed by atoms with Gasteiger partial charge in [0.1, 0.15) is 11.5 Å². The van der Waals surface area contributed by atoms with E-state index < -0.39 is 0 Å². The van der Waals surface area contributed by atoms with Crippen molar-refractivity contribution in [3.63, 3.8) is 0 Å². The monoisotopic (exact) mass is 217 g/mol. The third kappa shape index (κ3) is 1.69. The van der Waals surface area contributed by atoms with Crippen molar-refractivity contribution in [2.24, 2.45) is 0 Å². The Morgan fingerprint density at radius 2 is 2.00 bits per heavy atom. The Morgan fingerprint density at radius 1 is 1.19 bits per heavy atom. The van der Waals surface area contributed by atoms with E-state index >= 15 is 0 Å². The van der Waals surface area contributed by atoms with Gasteiger partial charge >= 0.3 is 0 Å². The molecule has 1 heterocycles. The highest BCUT2D eigenvalue weighted by atomic mass is 16.5.